The van der Waals surface area contributed by atoms with Crippen LogP contribution in [0.5, 0.6) is 5.75 Å². The fourth-order valence-corrected chi connectivity index (χ4v) is 2.85. The van der Waals surface area contributed by atoms with Crippen molar-refractivity contribution in [1.82, 2.24) is 25.3 Å². The van der Waals surface area contributed by atoms with E-state index in [1.54, 1.807) is 24.2 Å². The third-order valence-electron chi connectivity index (χ3n) is 4.32. The highest BCUT2D eigenvalue weighted by Crippen LogP contribution is 2.12. The van der Waals surface area contributed by atoms with Crippen molar-refractivity contribution in [2.45, 2.75) is 6.54 Å². The summed E-state index contributed by atoms with van der Waals surface area (Å²) in [4.78, 5) is 14.6. The monoisotopic (exact) mass is 343 g/mol. The SMILES string of the molecule is COc1ccc(Cn2cc(C(=O)NCCN3CCNCC3)cn2)cc1. The van der Waals surface area contributed by atoms with E-state index in [-0.39, 0.29) is 5.91 Å². The summed E-state index contributed by atoms with van der Waals surface area (Å²) in [5.74, 6) is 0.755. The Balaban J connectivity index is 1.47. The van der Waals surface area contributed by atoms with E-state index in [4.69, 9.17) is 4.74 Å². The molecule has 1 aromatic heterocycles. The highest BCUT2D eigenvalue weighted by molar-refractivity contribution is 5.93. The van der Waals surface area contributed by atoms with Gasteiger partial charge in [-0.3, -0.25) is 14.4 Å². The molecular formula is C18H25N5O2. The van der Waals surface area contributed by atoms with Crippen LogP contribution in [0.2, 0.25) is 0 Å². The number of piperazine rings is 1. The number of methoxy groups -OCH3 is 1. The van der Waals surface area contributed by atoms with Gasteiger partial charge in [-0.1, -0.05) is 12.1 Å². The minimum Gasteiger partial charge on any atom is -0.497 e. The van der Waals surface area contributed by atoms with Crippen LogP contribution in [-0.2, 0) is 6.54 Å². The second kappa shape index (κ2) is 8.64. The lowest BCUT2D eigenvalue weighted by Gasteiger charge is -2.26. The van der Waals surface area contributed by atoms with E-state index in [0.29, 0.717) is 18.7 Å². The maximum Gasteiger partial charge on any atom is 0.254 e. The number of ether oxygens (including phenoxy) is 1. The van der Waals surface area contributed by atoms with E-state index in [2.05, 4.69) is 20.6 Å². The summed E-state index contributed by atoms with van der Waals surface area (Å²) in [6.07, 6.45) is 3.40. The van der Waals surface area contributed by atoms with Crippen molar-refractivity contribution < 1.29 is 9.53 Å². The van der Waals surface area contributed by atoms with E-state index in [9.17, 15) is 4.79 Å². The van der Waals surface area contributed by atoms with Gasteiger partial charge in [0.15, 0.2) is 0 Å². The van der Waals surface area contributed by atoms with Crippen LogP contribution in [0, 0.1) is 0 Å². The summed E-state index contributed by atoms with van der Waals surface area (Å²) in [6, 6.07) is 7.83. The summed E-state index contributed by atoms with van der Waals surface area (Å²) in [7, 11) is 1.65. The number of nitrogens with one attached hydrogen (secondary N) is 2. The zero-order valence-corrected chi connectivity index (χ0v) is 14.6. The van der Waals surface area contributed by atoms with Crippen molar-refractivity contribution in [2.24, 2.45) is 0 Å². The Hall–Kier alpha value is -2.38. The number of carbonyl (C=O) groups excluding carboxylic acids is 1. The third-order valence-corrected chi connectivity index (χ3v) is 4.32. The van der Waals surface area contributed by atoms with Crippen LogP contribution in [0.3, 0.4) is 0 Å². The van der Waals surface area contributed by atoms with Crippen LogP contribution in [0.1, 0.15) is 15.9 Å². The predicted molar refractivity (Wildman–Crippen MR) is 96.0 cm³/mol. The molecule has 1 saturated heterocycles. The van der Waals surface area contributed by atoms with Gasteiger partial charge in [-0.05, 0) is 17.7 Å². The first-order valence-corrected chi connectivity index (χ1v) is 8.61. The first kappa shape index (κ1) is 17.4. The van der Waals surface area contributed by atoms with Crippen LogP contribution in [0.15, 0.2) is 36.7 Å². The number of carbonyl (C=O) groups is 1. The van der Waals surface area contributed by atoms with Crippen molar-refractivity contribution in [1.29, 1.82) is 0 Å². The standard InChI is InChI=1S/C18H25N5O2/c1-25-17-4-2-15(3-5-17)13-23-14-16(12-21-23)18(24)20-8-11-22-9-6-19-7-10-22/h2-5,12,14,19H,6-11,13H2,1H3,(H,20,24). The molecule has 0 saturated carbocycles. The summed E-state index contributed by atoms with van der Waals surface area (Å²) in [5, 5.41) is 10.6. The Morgan fingerprint density at radius 2 is 2.04 bits per heavy atom. The van der Waals surface area contributed by atoms with Gasteiger partial charge in [0, 0.05) is 45.5 Å². The number of rotatable bonds is 7. The average Bonchev–Trinajstić information content (AvgIpc) is 3.12. The second-order valence-corrected chi connectivity index (χ2v) is 6.12. The molecule has 1 aromatic carbocycles. The maximum absolute atomic E-state index is 12.2. The molecule has 1 amide bonds. The van der Waals surface area contributed by atoms with Gasteiger partial charge in [-0.2, -0.15) is 5.10 Å². The van der Waals surface area contributed by atoms with Gasteiger partial charge in [-0.15, -0.1) is 0 Å². The quantitative estimate of drug-likeness (QED) is 0.769. The molecule has 7 heteroatoms. The van der Waals surface area contributed by atoms with E-state index in [1.165, 1.54) is 0 Å². The summed E-state index contributed by atoms with van der Waals surface area (Å²) < 4.78 is 6.92. The largest absolute Gasteiger partial charge is 0.497 e. The van der Waals surface area contributed by atoms with E-state index >= 15 is 0 Å². The van der Waals surface area contributed by atoms with Gasteiger partial charge in [0.25, 0.3) is 5.91 Å². The molecule has 2 N–H and O–H groups in total. The molecule has 3 rings (SSSR count). The molecule has 1 fully saturated rings. The van der Waals surface area contributed by atoms with Crippen molar-refractivity contribution in [3.63, 3.8) is 0 Å². The van der Waals surface area contributed by atoms with Crippen molar-refractivity contribution in [3.8, 4) is 5.75 Å². The number of nitrogens with zero attached hydrogens (tertiary/aromatic N) is 3. The van der Waals surface area contributed by atoms with Gasteiger partial charge in [0.05, 0.1) is 25.4 Å². The smallest absolute Gasteiger partial charge is 0.254 e. The predicted octanol–water partition coefficient (Wildman–Crippen LogP) is 0.575. The lowest BCUT2D eigenvalue weighted by molar-refractivity contribution is 0.0947. The van der Waals surface area contributed by atoms with Gasteiger partial charge >= 0.3 is 0 Å². The number of hydrogen-bond acceptors (Lipinski definition) is 5. The highest BCUT2D eigenvalue weighted by atomic mass is 16.5. The molecule has 0 atom stereocenters. The molecule has 0 spiro atoms. The lowest BCUT2D eigenvalue weighted by Crippen LogP contribution is -2.46. The summed E-state index contributed by atoms with van der Waals surface area (Å²) in [5.41, 5.74) is 1.70. The first-order valence-electron chi connectivity index (χ1n) is 8.61. The molecule has 1 aliphatic heterocycles. The van der Waals surface area contributed by atoms with Crippen LogP contribution in [0.4, 0.5) is 0 Å². The Kier molecular flexibility index (Phi) is 6.03. The summed E-state index contributed by atoms with van der Waals surface area (Å²) in [6.45, 7) is 6.28. The third kappa shape index (κ3) is 5.04. The maximum atomic E-state index is 12.2. The van der Waals surface area contributed by atoms with E-state index in [0.717, 1.165) is 44.0 Å². The summed E-state index contributed by atoms with van der Waals surface area (Å²) >= 11 is 0. The zero-order valence-electron chi connectivity index (χ0n) is 14.6. The Morgan fingerprint density at radius 1 is 1.28 bits per heavy atom. The Bertz CT molecular complexity index is 677. The zero-order chi connectivity index (χ0) is 17.5. The molecule has 2 heterocycles. The molecule has 1 aliphatic rings. The van der Waals surface area contributed by atoms with Crippen molar-refractivity contribution >= 4 is 5.91 Å². The van der Waals surface area contributed by atoms with Crippen LogP contribution in [0.25, 0.3) is 0 Å². The number of aromatic nitrogens is 2. The van der Waals surface area contributed by atoms with Crippen molar-refractivity contribution in [2.75, 3.05) is 46.4 Å². The molecular weight excluding hydrogens is 318 g/mol. The molecule has 2 aromatic rings. The first-order chi connectivity index (χ1) is 12.2. The minimum absolute atomic E-state index is 0.0730. The molecule has 0 aliphatic carbocycles. The number of amides is 1. The van der Waals surface area contributed by atoms with Gasteiger partial charge < -0.3 is 15.4 Å². The number of hydrogen-bond donors (Lipinski definition) is 2. The molecule has 0 unspecified atom stereocenters. The Labute approximate surface area is 148 Å². The van der Waals surface area contributed by atoms with Crippen LogP contribution < -0.4 is 15.4 Å². The topological polar surface area (TPSA) is 71.4 Å². The van der Waals surface area contributed by atoms with Gasteiger partial charge in [-0.25, -0.2) is 0 Å². The minimum atomic E-state index is -0.0730. The second-order valence-electron chi connectivity index (χ2n) is 6.12. The average molecular weight is 343 g/mol. The van der Waals surface area contributed by atoms with Crippen LogP contribution in [-0.4, -0.2) is 67.0 Å². The fourth-order valence-electron chi connectivity index (χ4n) is 2.85. The molecule has 25 heavy (non-hydrogen) atoms. The Morgan fingerprint density at radius 3 is 2.76 bits per heavy atom. The molecule has 7 nitrogen and oxygen atoms in total. The van der Waals surface area contributed by atoms with E-state index in [1.807, 2.05) is 24.3 Å². The molecule has 0 radical (unpaired) electrons. The van der Waals surface area contributed by atoms with Crippen LogP contribution >= 0.6 is 0 Å². The number of benzene rings is 1. The van der Waals surface area contributed by atoms with Crippen molar-refractivity contribution in [3.05, 3.63) is 47.8 Å². The molecule has 0 bridgehead atoms. The normalized spacial score (nSPS) is 15.1. The van der Waals surface area contributed by atoms with E-state index < -0.39 is 0 Å². The highest BCUT2D eigenvalue weighted by Gasteiger charge is 2.11. The fraction of sp³-hybridized carbons (Fsp3) is 0.444. The molecule has 134 valence electrons. The lowest BCUT2D eigenvalue weighted by atomic mass is 10.2. The van der Waals surface area contributed by atoms with Gasteiger partial charge in [0.1, 0.15) is 5.75 Å². The van der Waals surface area contributed by atoms with Gasteiger partial charge in [0.2, 0.25) is 0 Å².